The molecule has 0 aliphatic heterocycles. The molecule has 0 aliphatic carbocycles. The fraction of sp³-hybridized carbons (Fsp3) is 0.278. The smallest absolute Gasteiger partial charge is 0.326 e. The summed E-state index contributed by atoms with van der Waals surface area (Å²) in [4.78, 5) is 34.8. The second-order valence-electron chi connectivity index (χ2n) is 5.35. The molecule has 0 radical (unpaired) electrons. The van der Waals surface area contributed by atoms with E-state index in [1.807, 2.05) is 31.2 Å². The topological polar surface area (TPSA) is 77.4 Å². The van der Waals surface area contributed by atoms with Crippen LogP contribution in [-0.4, -0.2) is 29.6 Å². The van der Waals surface area contributed by atoms with Gasteiger partial charge in [0.2, 0.25) is 0 Å². The molecule has 2 rings (SSSR count). The van der Waals surface area contributed by atoms with Gasteiger partial charge in [0.1, 0.15) is 6.54 Å². The zero-order chi connectivity index (χ0) is 17.4. The van der Waals surface area contributed by atoms with Crippen molar-refractivity contribution in [2.75, 3.05) is 13.2 Å². The highest BCUT2D eigenvalue weighted by Crippen LogP contribution is 2.06. The van der Waals surface area contributed by atoms with Crippen LogP contribution in [0.4, 0.5) is 0 Å². The highest BCUT2D eigenvalue weighted by Gasteiger charge is 2.09. The van der Waals surface area contributed by atoms with Gasteiger partial charge in [-0.2, -0.15) is 0 Å². The first-order valence-corrected chi connectivity index (χ1v) is 7.68. The van der Waals surface area contributed by atoms with E-state index in [1.165, 1.54) is 28.0 Å². The van der Waals surface area contributed by atoms with E-state index in [9.17, 15) is 14.4 Å². The molecule has 1 aromatic heterocycles. The van der Waals surface area contributed by atoms with E-state index in [0.717, 1.165) is 0 Å². The van der Waals surface area contributed by atoms with Crippen molar-refractivity contribution in [1.29, 1.82) is 0 Å². The van der Waals surface area contributed by atoms with Gasteiger partial charge in [-0.25, -0.2) is 0 Å². The van der Waals surface area contributed by atoms with Gasteiger partial charge in [-0.3, -0.25) is 14.4 Å². The Hall–Kier alpha value is -2.89. The van der Waals surface area contributed by atoms with E-state index in [2.05, 4.69) is 5.32 Å². The van der Waals surface area contributed by atoms with E-state index < -0.39 is 5.97 Å². The molecule has 0 fully saturated rings. The standard InChI is InChI=1S/C18H20N2O4/c1-14-6-2-3-7-15(14)9-10-19-16(21)13-24-18(23)12-20-11-5-4-8-17(20)22/h2-8,11H,9-10,12-13H2,1H3,(H,19,21). The van der Waals surface area contributed by atoms with Crippen molar-refractivity contribution in [3.05, 3.63) is 70.1 Å². The van der Waals surface area contributed by atoms with E-state index in [1.54, 1.807) is 12.1 Å². The summed E-state index contributed by atoms with van der Waals surface area (Å²) in [5.41, 5.74) is 2.04. The van der Waals surface area contributed by atoms with Crippen molar-refractivity contribution in [2.45, 2.75) is 19.9 Å². The zero-order valence-corrected chi connectivity index (χ0v) is 13.5. The van der Waals surface area contributed by atoms with Crippen LogP contribution in [0.25, 0.3) is 0 Å². The second-order valence-corrected chi connectivity index (χ2v) is 5.35. The molecule has 126 valence electrons. The van der Waals surface area contributed by atoms with Crippen LogP contribution in [0.3, 0.4) is 0 Å². The molecule has 0 spiro atoms. The van der Waals surface area contributed by atoms with Gasteiger partial charge in [0.05, 0.1) is 0 Å². The average Bonchev–Trinajstić information content (AvgIpc) is 2.57. The molecule has 2 aromatic rings. The van der Waals surface area contributed by atoms with Gasteiger partial charge in [0.25, 0.3) is 11.5 Å². The Bertz CT molecular complexity index is 767. The maximum absolute atomic E-state index is 11.7. The van der Waals surface area contributed by atoms with Crippen LogP contribution in [-0.2, 0) is 27.3 Å². The number of ether oxygens (including phenoxy) is 1. The number of rotatable bonds is 7. The Morgan fingerprint density at radius 1 is 1.12 bits per heavy atom. The van der Waals surface area contributed by atoms with E-state index in [-0.39, 0.29) is 24.6 Å². The van der Waals surface area contributed by atoms with Crippen LogP contribution in [0, 0.1) is 6.92 Å². The van der Waals surface area contributed by atoms with Crippen molar-refractivity contribution in [3.63, 3.8) is 0 Å². The van der Waals surface area contributed by atoms with Gasteiger partial charge < -0.3 is 14.6 Å². The Morgan fingerprint density at radius 3 is 2.62 bits per heavy atom. The molecule has 0 saturated heterocycles. The molecule has 0 atom stereocenters. The first-order chi connectivity index (χ1) is 11.6. The Balaban J connectivity index is 1.69. The molecule has 1 heterocycles. The number of carbonyl (C=O) groups excluding carboxylic acids is 2. The lowest BCUT2D eigenvalue weighted by atomic mass is 10.1. The Kier molecular flexibility index (Phi) is 6.31. The lowest BCUT2D eigenvalue weighted by molar-refractivity contribution is -0.149. The summed E-state index contributed by atoms with van der Waals surface area (Å²) in [7, 11) is 0. The highest BCUT2D eigenvalue weighted by molar-refractivity contribution is 5.80. The van der Waals surface area contributed by atoms with Crippen molar-refractivity contribution < 1.29 is 14.3 Å². The summed E-state index contributed by atoms with van der Waals surface area (Å²) in [5, 5.41) is 2.70. The second kappa shape index (κ2) is 8.67. The molecule has 0 bridgehead atoms. The molecular weight excluding hydrogens is 308 g/mol. The average molecular weight is 328 g/mol. The number of pyridine rings is 1. The van der Waals surface area contributed by atoms with Crippen molar-refractivity contribution >= 4 is 11.9 Å². The predicted molar refractivity (Wildman–Crippen MR) is 89.6 cm³/mol. The predicted octanol–water partition coefficient (Wildman–Crippen LogP) is 1.06. The minimum atomic E-state index is -0.627. The largest absolute Gasteiger partial charge is 0.454 e. The fourth-order valence-electron chi connectivity index (χ4n) is 2.20. The van der Waals surface area contributed by atoms with Gasteiger partial charge in [-0.1, -0.05) is 30.3 Å². The van der Waals surface area contributed by atoms with Gasteiger partial charge in [-0.05, 0) is 30.5 Å². The molecule has 6 heteroatoms. The van der Waals surface area contributed by atoms with Crippen LogP contribution >= 0.6 is 0 Å². The highest BCUT2D eigenvalue weighted by atomic mass is 16.5. The maximum atomic E-state index is 11.7. The number of carbonyl (C=O) groups is 2. The molecule has 24 heavy (non-hydrogen) atoms. The molecule has 0 saturated carbocycles. The summed E-state index contributed by atoms with van der Waals surface area (Å²) in [6.07, 6.45) is 2.21. The van der Waals surface area contributed by atoms with Gasteiger partial charge in [0.15, 0.2) is 6.61 Å². The quantitative estimate of drug-likeness (QED) is 0.771. The monoisotopic (exact) mass is 328 g/mol. The SMILES string of the molecule is Cc1ccccc1CCNC(=O)COC(=O)Cn1ccccc1=O. The van der Waals surface area contributed by atoms with E-state index >= 15 is 0 Å². The summed E-state index contributed by atoms with van der Waals surface area (Å²) >= 11 is 0. The first-order valence-electron chi connectivity index (χ1n) is 7.68. The zero-order valence-electron chi connectivity index (χ0n) is 13.5. The van der Waals surface area contributed by atoms with Gasteiger partial charge in [-0.15, -0.1) is 0 Å². The molecule has 1 aromatic carbocycles. The third-order valence-corrected chi connectivity index (χ3v) is 3.54. The summed E-state index contributed by atoms with van der Waals surface area (Å²) in [5.74, 6) is -0.991. The number of amides is 1. The number of nitrogens with one attached hydrogen (secondary N) is 1. The normalized spacial score (nSPS) is 10.2. The third-order valence-electron chi connectivity index (χ3n) is 3.54. The summed E-state index contributed by atoms with van der Waals surface area (Å²) in [6, 6.07) is 12.5. The van der Waals surface area contributed by atoms with Crippen LogP contribution in [0.5, 0.6) is 0 Å². The molecule has 0 unspecified atom stereocenters. The Labute approximate surface area is 140 Å². The van der Waals surface area contributed by atoms with E-state index in [4.69, 9.17) is 4.74 Å². The number of aryl methyl sites for hydroxylation is 1. The minimum absolute atomic E-state index is 0.212. The third kappa shape index (κ3) is 5.39. The molecule has 1 amide bonds. The molecule has 1 N–H and O–H groups in total. The molecular formula is C18H20N2O4. The molecule has 6 nitrogen and oxygen atoms in total. The lowest BCUT2D eigenvalue weighted by Crippen LogP contribution is -2.32. The van der Waals surface area contributed by atoms with Gasteiger partial charge >= 0.3 is 5.97 Å². The number of aromatic nitrogens is 1. The van der Waals surface area contributed by atoms with Crippen molar-refractivity contribution in [1.82, 2.24) is 9.88 Å². The Morgan fingerprint density at radius 2 is 1.88 bits per heavy atom. The summed E-state index contributed by atoms with van der Waals surface area (Å²) in [6.45, 7) is 1.92. The number of nitrogens with zero attached hydrogens (tertiary/aromatic N) is 1. The maximum Gasteiger partial charge on any atom is 0.326 e. The number of esters is 1. The van der Waals surface area contributed by atoms with Crippen molar-refractivity contribution in [2.24, 2.45) is 0 Å². The first kappa shape index (κ1) is 17.5. The summed E-state index contributed by atoms with van der Waals surface area (Å²) < 4.78 is 6.10. The van der Waals surface area contributed by atoms with Gasteiger partial charge in [0, 0.05) is 18.8 Å². The number of hydrogen-bond acceptors (Lipinski definition) is 4. The fourth-order valence-corrected chi connectivity index (χ4v) is 2.20. The van der Waals surface area contributed by atoms with Crippen molar-refractivity contribution in [3.8, 4) is 0 Å². The van der Waals surface area contributed by atoms with Crippen LogP contribution in [0.15, 0.2) is 53.5 Å². The molecule has 0 aliphatic rings. The number of benzene rings is 1. The van der Waals surface area contributed by atoms with Crippen LogP contribution in [0.2, 0.25) is 0 Å². The van der Waals surface area contributed by atoms with Crippen LogP contribution < -0.4 is 10.9 Å². The number of hydrogen-bond donors (Lipinski definition) is 1. The van der Waals surface area contributed by atoms with E-state index in [0.29, 0.717) is 13.0 Å². The lowest BCUT2D eigenvalue weighted by Gasteiger charge is -2.09. The van der Waals surface area contributed by atoms with Crippen LogP contribution in [0.1, 0.15) is 11.1 Å². The minimum Gasteiger partial charge on any atom is -0.454 e.